The standard InChI is InChI=1S/C22H24N2O3S2/c1-16-8-10-18(11-9-16)29(26,27)14-12-21(25)24-13-4-5-17(15-24)22-23-19-6-2-3-7-20(19)28-22/h2-3,6-11,17H,4-5,12-15H2,1H3. The zero-order valence-corrected chi connectivity index (χ0v) is 18.0. The number of sulfone groups is 1. The summed E-state index contributed by atoms with van der Waals surface area (Å²) >= 11 is 1.69. The van der Waals surface area contributed by atoms with Crippen molar-refractivity contribution in [1.82, 2.24) is 9.88 Å². The highest BCUT2D eigenvalue weighted by Gasteiger charge is 2.28. The van der Waals surface area contributed by atoms with E-state index in [1.54, 1.807) is 35.6 Å². The van der Waals surface area contributed by atoms with Crippen LogP contribution >= 0.6 is 11.3 Å². The van der Waals surface area contributed by atoms with Gasteiger partial charge in [-0.15, -0.1) is 11.3 Å². The Kier molecular flexibility index (Phi) is 5.69. The molecule has 1 aromatic heterocycles. The Morgan fingerprint density at radius 1 is 1.17 bits per heavy atom. The first-order chi connectivity index (χ1) is 13.9. The molecular weight excluding hydrogens is 404 g/mol. The number of carbonyl (C=O) groups excluding carboxylic acids is 1. The lowest BCUT2D eigenvalue weighted by atomic mass is 9.98. The van der Waals surface area contributed by atoms with Crippen LogP contribution < -0.4 is 0 Å². The number of piperidine rings is 1. The Bertz CT molecular complexity index is 1090. The monoisotopic (exact) mass is 428 g/mol. The fraction of sp³-hybridized carbons (Fsp3) is 0.364. The smallest absolute Gasteiger partial charge is 0.223 e. The van der Waals surface area contributed by atoms with Crippen LogP contribution in [-0.2, 0) is 14.6 Å². The van der Waals surface area contributed by atoms with Crippen LogP contribution in [0.15, 0.2) is 53.4 Å². The number of thiazole rings is 1. The second-order valence-corrected chi connectivity index (χ2v) is 10.8. The molecule has 1 atom stereocenters. The lowest BCUT2D eigenvalue weighted by Gasteiger charge is -2.32. The molecule has 1 unspecified atom stereocenters. The van der Waals surface area contributed by atoms with E-state index >= 15 is 0 Å². The Labute approximate surface area is 175 Å². The first-order valence-corrected chi connectivity index (χ1v) is 12.3. The lowest BCUT2D eigenvalue weighted by Crippen LogP contribution is -2.39. The molecule has 0 aliphatic carbocycles. The molecule has 0 spiro atoms. The molecule has 0 N–H and O–H groups in total. The minimum atomic E-state index is -3.45. The molecule has 0 radical (unpaired) electrons. The largest absolute Gasteiger partial charge is 0.342 e. The summed E-state index contributed by atoms with van der Waals surface area (Å²) in [7, 11) is -3.45. The summed E-state index contributed by atoms with van der Waals surface area (Å²) in [4.78, 5) is 19.6. The van der Waals surface area contributed by atoms with Gasteiger partial charge in [-0.2, -0.15) is 0 Å². The number of fused-ring (bicyclic) bond motifs is 1. The van der Waals surface area contributed by atoms with E-state index in [1.807, 2.05) is 30.0 Å². The Balaban J connectivity index is 1.40. The maximum absolute atomic E-state index is 12.7. The molecule has 152 valence electrons. The second kappa shape index (κ2) is 8.24. The quantitative estimate of drug-likeness (QED) is 0.612. The maximum Gasteiger partial charge on any atom is 0.223 e. The van der Waals surface area contributed by atoms with Crippen LogP contribution in [-0.4, -0.2) is 43.1 Å². The van der Waals surface area contributed by atoms with Crippen molar-refractivity contribution in [2.45, 2.75) is 37.0 Å². The number of benzene rings is 2. The van der Waals surface area contributed by atoms with Gasteiger partial charge < -0.3 is 4.90 Å². The number of nitrogens with zero attached hydrogens (tertiary/aromatic N) is 2. The average Bonchev–Trinajstić information content (AvgIpc) is 3.17. The first kappa shape index (κ1) is 20.0. The molecular formula is C22H24N2O3S2. The zero-order chi connectivity index (χ0) is 20.4. The first-order valence-electron chi connectivity index (χ1n) is 9.85. The third-order valence-electron chi connectivity index (χ3n) is 5.40. The number of hydrogen-bond acceptors (Lipinski definition) is 5. The third-order valence-corrected chi connectivity index (χ3v) is 8.33. The highest BCUT2D eigenvalue weighted by Crippen LogP contribution is 2.33. The number of carbonyl (C=O) groups is 1. The van der Waals surface area contributed by atoms with Gasteiger partial charge >= 0.3 is 0 Å². The van der Waals surface area contributed by atoms with Crippen LogP contribution in [0.5, 0.6) is 0 Å². The van der Waals surface area contributed by atoms with Gasteiger partial charge in [0.1, 0.15) is 0 Å². The second-order valence-electron chi connectivity index (χ2n) is 7.58. The highest BCUT2D eigenvalue weighted by molar-refractivity contribution is 7.91. The summed E-state index contributed by atoms with van der Waals surface area (Å²) in [5.74, 6) is -0.0256. The molecule has 4 rings (SSSR count). The van der Waals surface area contributed by atoms with E-state index in [0.717, 1.165) is 33.6 Å². The molecule has 1 fully saturated rings. The van der Waals surface area contributed by atoms with Crippen molar-refractivity contribution in [1.29, 1.82) is 0 Å². The average molecular weight is 429 g/mol. The molecule has 5 nitrogen and oxygen atoms in total. The molecule has 3 aromatic rings. The minimum absolute atomic E-state index is 0.0166. The number of rotatable bonds is 5. The van der Waals surface area contributed by atoms with E-state index in [0.29, 0.717) is 13.1 Å². The van der Waals surface area contributed by atoms with Crippen LogP contribution in [0.3, 0.4) is 0 Å². The van der Waals surface area contributed by atoms with E-state index in [2.05, 4.69) is 6.07 Å². The van der Waals surface area contributed by atoms with Crippen molar-refractivity contribution in [2.24, 2.45) is 0 Å². The van der Waals surface area contributed by atoms with Gasteiger partial charge in [-0.3, -0.25) is 4.79 Å². The predicted octanol–water partition coefficient (Wildman–Crippen LogP) is 4.17. The SMILES string of the molecule is Cc1ccc(S(=O)(=O)CCC(=O)N2CCCC(c3nc4ccccc4s3)C2)cc1. The van der Waals surface area contributed by atoms with Gasteiger partial charge in [0, 0.05) is 25.4 Å². The fourth-order valence-electron chi connectivity index (χ4n) is 3.71. The summed E-state index contributed by atoms with van der Waals surface area (Å²) in [6.45, 7) is 3.21. The topological polar surface area (TPSA) is 67.3 Å². The Hall–Kier alpha value is -2.25. The van der Waals surface area contributed by atoms with Crippen LogP contribution in [0, 0.1) is 6.92 Å². The van der Waals surface area contributed by atoms with Gasteiger partial charge in [0.15, 0.2) is 9.84 Å². The molecule has 7 heteroatoms. The molecule has 2 heterocycles. The molecule has 1 saturated heterocycles. The predicted molar refractivity (Wildman–Crippen MR) is 116 cm³/mol. The van der Waals surface area contributed by atoms with Crippen LogP contribution in [0.2, 0.25) is 0 Å². The minimum Gasteiger partial charge on any atom is -0.342 e. The highest BCUT2D eigenvalue weighted by atomic mass is 32.2. The summed E-state index contributed by atoms with van der Waals surface area (Å²) in [5, 5.41) is 1.07. The Morgan fingerprint density at radius 2 is 1.93 bits per heavy atom. The lowest BCUT2D eigenvalue weighted by molar-refractivity contribution is -0.131. The van der Waals surface area contributed by atoms with E-state index in [4.69, 9.17) is 4.98 Å². The maximum atomic E-state index is 12.7. The number of amides is 1. The van der Waals surface area contributed by atoms with Gasteiger partial charge in [-0.05, 0) is 44.0 Å². The number of para-hydroxylation sites is 1. The van der Waals surface area contributed by atoms with Crippen LogP contribution in [0.25, 0.3) is 10.2 Å². The molecule has 0 bridgehead atoms. The van der Waals surface area contributed by atoms with Crippen LogP contribution in [0.4, 0.5) is 0 Å². The number of aryl methyl sites for hydroxylation is 1. The van der Waals surface area contributed by atoms with Crippen molar-refractivity contribution in [3.63, 3.8) is 0 Å². The summed E-state index contributed by atoms with van der Waals surface area (Å²) in [6, 6.07) is 14.9. The van der Waals surface area contributed by atoms with Gasteiger partial charge in [0.2, 0.25) is 5.91 Å². The normalized spacial score (nSPS) is 17.6. The van der Waals surface area contributed by atoms with Crippen molar-refractivity contribution in [2.75, 3.05) is 18.8 Å². The van der Waals surface area contributed by atoms with Gasteiger partial charge in [0.05, 0.1) is 25.9 Å². The molecule has 2 aromatic carbocycles. The third kappa shape index (κ3) is 4.51. The number of aromatic nitrogens is 1. The fourth-order valence-corrected chi connectivity index (χ4v) is 6.04. The molecule has 0 saturated carbocycles. The van der Waals surface area contributed by atoms with Crippen molar-refractivity contribution >= 4 is 37.3 Å². The molecule has 1 aliphatic heterocycles. The van der Waals surface area contributed by atoms with Crippen molar-refractivity contribution in [3.8, 4) is 0 Å². The van der Waals surface area contributed by atoms with E-state index in [1.165, 1.54) is 0 Å². The Morgan fingerprint density at radius 3 is 2.69 bits per heavy atom. The summed E-state index contributed by atoms with van der Waals surface area (Å²) in [5.41, 5.74) is 2.01. The summed E-state index contributed by atoms with van der Waals surface area (Å²) in [6.07, 6.45) is 1.94. The number of likely N-dealkylation sites (tertiary alicyclic amines) is 1. The van der Waals surface area contributed by atoms with Crippen molar-refractivity contribution in [3.05, 3.63) is 59.1 Å². The molecule has 1 amide bonds. The molecule has 29 heavy (non-hydrogen) atoms. The number of hydrogen-bond donors (Lipinski definition) is 0. The van der Waals surface area contributed by atoms with Crippen molar-refractivity contribution < 1.29 is 13.2 Å². The van der Waals surface area contributed by atoms with Gasteiger partial charge in [-0.1, -0.05) is 29.8 Å². The van der Waals surface area contributed by atoms with E-state index in [-0.39, 0.29) is 28.9 Å². The van der Waals surface area contributed by atoms with Gasteiger partial charge in [0.25, 0.3) is 0 Å². The van der Waals surface area contributed by atoms with E-state index in [9.17, 15) is 13.2 Å². The molecule has 1 aliphatic rings. The summed E-state index contributed by atoms with van der Waals surface area (Å²) < 4.78 is 26.2. The zero-order valence-electron chi connectivity index (χ0n) is 16.4. The van der Waals surface area contributed by atoms with E-state index < -0.39 is 9.84 Å². The van der Waals surface area contributed by atoms with Crippen LogP contribution in [0.1, 0.15) is 35.8 Å². The van der Waals surface area contributed by atoms with Gasteiger partial charge in [-0.25, -0.2) is 13.4 Å².